The van der Waals surface area contributed by atoms with Gasteiger partial charge in [0.05, 0.1) is 13.2 Å². The summed E-state index contributed by atoms with van der Waals surface area (Å²) in [6.07, 6.45) is 0. The summed E-state index contributed by atoms with van der Waals surface area (Å²) in [5.74, 6) is 0.260. The first kappa shape index (κ1) is 19.0. The molecule has 3 aromatic rings. The molecule has 5 nitrogen and oxygen atoms in total. The number of aromatic nitrogens is 2. The smallest absolute Gasteiger partial charge is 0.356 e. The Morgan fingerprint density at radius 3 is 2.41 bits per heavy atom. The topological polar surface area (TPSA) is 61.1 Å². The Kier molecular flexibility index (Phi) is 5.22. The standard InChI is InChI=1S/C22H27N3O2/c1-5-27-20(26)15-25-19-9-7-6-8-18(19)24(21(25)23)14-16-10-12-17(13-11-16)22(2,3)4/h6-13,23H,5,14-15H2,1-4H3/p+1. The lowest BCUT2D eigenvalue weighted by Crippen LogP contribution is -2.37. The minimum atomic E-state index is -0.286. The van der Waals surface area contributed by atoms with Gasteiger partial charge in [0, 0.05) is 0 Å². The Hall–Kier alpha value is -2.82. The van der Waals surface area contributed by atoms with Crippen LogP contribution < -0.4 is 10.3 Å². The van der Waals surface area contributed by atoms with E-state index in [2.05, 4.69) is 45.0 Å². The second kappa shape index (κ2) is 7.43. The number of nitrogens with two attached hydrogens (primary N) is 1. The molecule has 0 aliphatic rings. The second-order valence-electron chi connectivity index (χ2n) is 7.77. The third-order valence-corrected chi connectivity index (χ3v) is 4.77. The number of nitrogens with zero attached hydrogens (tertiary/aromatic N) is 2. The number of carbonyl (C=O) groups excluding carboxylic acids is 1. The van der Waals surface area contributed by atoms with Crippen molar-refractivity contribution in [1.29, 1.82) is 0 Å². The number of rotatable bonds is 5. The van der Waals surface area contributed by atoms with Crippen LogP contribution in [0.25, 0.3) is 11.0 Å². The van der Waals surface area contributed by atoms with Crippen molar-refractivity contribution in [2.24, 2.45) is 0 Å². The van der Waals surface area contributed by atoms with Crippen LogP contribution in [0, 0.1) is 0 Å². The zero-order chi connectivity index (χ0) is 19.6. The summed E-state index contributed by atoms with van der Waals surface area (Å²) in [6.45, 7) is 9.53. The van der Waals surface area contributed by atoms with E-state index < -0.39 is 0 Å². The van der Waals surface area contributed by atoms with Crippen LogP contribution in [-0.4, -0.2) is 17.1 Å². The Labute approximate surface area is 160 Å². The highest BCUT2D eigenvalue weighted by molar-refractivity contribution is 5.77. The van der Waals surface area contributed by atoms with Crippen molar-refractivity contribution >= 4 is 23.0 Å². The molecule has 0 amide bonds. The zero-order valence-corrected chi connectivity index (χ0v) is 16.5. The van der Waals surface area contributed by atoms with Gasteiger partial charge in [-0.2, -0.15) is 0 Å². The first-order chi connectivity index (χ1) is 12.8. The number of imidazole rings is 1. The number of hydrogen-bond acceptors (Lipinski definition) is 3. The summed E-state index contributed by atoms with van der Waals surface area (Å²) in [5, 5.41) is 0. The van der Waals surface area contributed by atoms with E-state index >= 15 is 0 Å². The van der Waals surface area contributed by atoms with Crippen molar-refractivity contribution in [2.45, 2.75) is 46.2 Å². The van der Waals surface area contributed by atoms with Gasteiger partial charge in [0.2, 0.25) is 0 Å². The molecule has 0 fully saturated rings. The number of anilines is 1. The van der Waals surface area contributed by atoms with Crippen molar-refractivity contribution < 1.29 is 14.1 Å². The average Bonchev–Trinajstić information content (AvgIpc) is 2.88. The van der Waals surface area contributed by atoms with Crippen LogP contribution >= 0.6 is 0 Å². The summed E-state index contributed by atoms with van der Waals surface area (Å²) in [6, 6.07) is 16.6. The number of hydrogen-bond donors (Lipinski definition) is 1. The molecule has 0 bridgehead atoms. The van der Waals surface area contributed by atoms with Gasteiger partial charge in [-0.25, -0.2) is 13.9 Å². The van der Waals surface area contributed by atoms with Crippen LogP contribution in [0.5, 0.6) is 0 Å². The summed E-state index contributed by atoms with van der Waals surface area (Å²) in [5.41, 5.74) is 10.9. The second-order valence-corrected chi connectivity index (χ2v) is 7.77. The number of carbonyl (C=O) groups is 1. The van der Waals surface area contributed by atoms with Gasteiger partial charge in [-0.15, -0.1) is 0 Å². The third kappa shape index (κ3) is 3.97. The molecular formula is C22H28N3O2+. The number of para-hydroxylation sites is 2. The van der Waals surface area contributed by atoms with Crippen LogP contribution in [0.2, 0.25) is 0 Å². The largest absolute Gasteiger partial charge is 0.464 e. The molecule has 2 N–H and O–H groups in total. The monoisotopic (exact) mass is 366 g/mol. The number of nitrogen functional groups attached to an aromatic ring is 1. The van der Waals surface area contributed by atoms with Crippen LogP contribution in [0.15, 0.2) is 48.5 Å². The van der Waals surface area contributed by atoms with E-state index in [9.17, 15) is 4.79 Å². The lowest BCUT2D eigenvalue weighted by Gasteiger charge is -2.19. The molecule has 3 rings (SSSR count). The molecule has 0 atom stereocenters. The molecule has 0 saturated heterocycles. The van der Waals surface area contributed by atoms with Crippen molar-refractivity contribution in [2.75, 3.05) is 12.3 Å². The minimum Gasteiger partial charge on any atom is -0.464 e. The summed E-state index contributed by atoms with van der Waals surface area (Å²) < 4.78 is 8.96. The number of esters is 1. The minimum absolute atomic E-state index is 0.107. The lowest BCUT2D eigenvalue weighted by molar-refractivity contribution is -0.648. The maximum atomic E-state index is 12.0. The van der Waals surface area contributed by atoms with Crippen molar-refractivity contribution in [1.82, 2.24) is 4.57 Å². The van der Waals surface area contributed by atoms with E-state index in [0.29, 0.717) is 19.1 Å². The highest BCUT2D eigenvalue weighted by Gasteiger charge is 2.23. The molecule has 0 aliphatic carbocycles. The fraction of sp³-hybridized carbons (Fsp3) is 0.364. The molecule has 1 aromatic heterocycles. The molecular weight excluding hydrogens is 338 g/mol. The SMILES string of the molecule is CCOC(=O)Cn1c(N)[n+](Cc2ccc(C(C)(C)C)cc2)c2ccccc21. The van der Waals surface area contributed by atoms with Gasteiger partial charge in [0.25, 0.3) is 0 Å². The molecule has 142 valence electrons. The summed E-state index contributed by atoms with van der Waals surface area (Å²) in [4.78, 5) is 12.0. The highest BCUT2D eigenvalue weighted by atomic mass is 16.5. The van der Waals surface area contributed by atoms with E-state index in [-0.39, 0.29) is 17.9 Å². The number of fused-ring (bicyclic) bond motifs is 1. The van der Waals surface area contributed by atoms with E-state index in [4.69, 9.17) is 10.5 Å². The Morgan fingerprint density at radius 2 is 1.78 bits per heavy atom. The van der Waals surface area contributed by atoms with Gasteiger partial charge in [-0.1, -0.05) is 57.2 Å². The quantitative estimate of drug-likeness (QED) is 0.556. The van der Waals surface area contributed by atoms with Gasteiger partial charge in [-0.05, 0) is 35.6 Å². The summed E-state index contributed by atoms with van der Waals surface area (Å²) in [7, 11) is 0. The van der Waals surface area contributed by atoms with E-state index in [1.54, 1.807) is 6.92 Å². The molecule has 0 unspecified atom stereocenters. The molecule has 0 spiro atoms. The lowest BCUT2D eigenvalue weighted by atomic mass is 9.87. The Bertz CT molecular complexity index is 950. The molecule has 2 aromatic carbocycles. The molecule has 0 radical (unpaired) electrons. The molecule has 5 heteroatoms. The molecule has 27 heavy (non-hydrogen) atoms. The molecule has 1 heterocycles. The maximum absolute atomic E-state index is 12.0. The van der Waals surface area contributed by atoms with Crippen molar-refractivity contribution in [3.8, 4) is 0 Å². The van der Waals surface area contributed by atoms with Crippen LogP contribution in [0.4, 0.5) is 5.95 Å². The van der Waals surface area contributed by atoms with Crippen LogP contribution in [-0.2, 0) is 28.0 Å². The van der Waals surface area contributed by atoms with Crippen molar-refractivity contribution in [3.05, 3.63) is 59.7 Å². The van der Waals surface area contributed by atoms with E-state index in [1.165, 1.54) is 11.1 Å². The van der Waals surface area contributed by atoms with Gasteiger partial charge in [0.1, 0.15) is 11.0 Å². The molecule has 0 saturated carbocycles. The predicted molar refractivity (Wildman–Crippen MR) is 107 cm³/mol. The van der Waals surface area contributed by atoms with E-state index in [1.807, 2.05) is 33.4 Å². The zero-order valence-electron chi connectivity index (χ0n) is 16.5. The van der Waals surface area contributed by atoms with Crippen LogP contribution in [0.1, 0.15) is 38.8 Å². The van der Waals surface area contributed by atoms with Crippen molar-refractivity contribution in [3.63, 3.8) is 0 Å². The van der Waals surface area contributed by atoms with Gasteiger partial charge in [-0.3, -0.25) is 5.73 Å². The molecule has 0 aliphatic heterocycles. The first-order valence-electron chi connectivity index (χ1n) is 9.33. The first-order valence-corrected chi connectivity index (χ1v) is 9.33. The maximum Gasteiger partial charge on any atom is 0.356 e. The Morgan fingerprint density at radius 1 is 1.11 bits per heavy atom. The average molecular weight is 366 g/mol. The van der Waals surface area contributed by atoms with Gasteiger partial charge >= 0.3 is 11.9 Å². The predicted octanol–water partition coefficient (Wildman–Crippen LogP) is 3.42. The van der Waals surface area contributed by atoms with E-state index in [0.717, 1.165) is 11.0 Å². The number of ether oxygens (including phenoxy) is 1. The number of benzene rings is 2. The third-order valence-electron chi connectivity index (χ3n) is 4.77. The normalized spacial score (nSPS) is 11.7. The fourth-order valence-corrected chi connectivity index (χ4v) is 3.27. The fourth-order valence-electron chi connectivity index (χ4n) is 3.27. The van der Waals surface area contributed by atoms with Gasteiger partial charge in [0.15, 0.2) is 6.54 Å². The van der Waals surface area contributed by atoms with Gasteiger partial charge < -0.3 is 4.74 Å². The van der Waals surface area contributed by atoms with Crippen LogP contribution in [0.3, 0.4) is 0 Å². The Balaban J connectivity index is 1.97. The highest BCUT2D eigenvalue weighted by Crippen LogP contribution is 2.23. The summed E-state index contributed by atoms with van der Waals surface area (Å²) >= 11 is 0.